The van der Waals surface area contributed by atoms with E-state index in [1.165, 1.54) is 0 Å². The van der Waals surface area contributed by atoms with E-state index in [2.05, 4.69) is 10.6 Å². The Hall–Kier alpha value is -6.70. The highest BCUT2D eigenvalue weighted by Gasteiger charge is 2.35. The van der Waals surface area contributed by atoms with Crippen LogP contribution in [0.1, 0.15) is 93.9 Å². The van der Waals surface area contributed by atoms with Gasteiger partial charge in [0.2, 0.25) is 0 Å². The van der Waals surface area contributed by atoms with Gasteiger partial charge < -0.3 is 39.4 Å². The van der Waals surface area contributed by atoms with Crippen LogP contribution in [0.4, 0.5) is 9.59 Å². The quantitative estimate of drug-likeness (QED) is 0.0440. The van der Waals surface area contributed by atoms with Crippen molar-refractivity contribution in [1.82, 2.24) is 10.6 Å². The predicted octanol–water partition coefficient (Wildman–Crippen LogP) is 8.10. The zero-order valence-electron chi connectivity index (χ0n) is 35.9. The van der Waals surface area contributed by atoms with Gasteiger partial charge in [-0.3, -0.25) is 9.59 Å². The van der Waals surface area contributed by atoms with Gasteiger partial charge >= 0.3 is 36.1 Å². The predicted molar refractivity (Wildman–Crippen MR) is 231 cm³/mol. The normalized spacial score (nSPS) is 14.9. The van der Waals surface area contributed by atoms with Crippen LogP contribution in [0.5, 0.6) is 0 Å². The standard InChI is InChI=1S/C49H54N2O12/c1-5-29(3)44(50-48(57)60-27-39-35-19-11-7-15-31(35)32-16-8-12-20-36(32)39)46(55)59-26-25-43(62-42(54)24-23-41(52)53)63-47(56)45(30(4)6-2)51-49(58)61-28-40-37-21-13-9-17-33(37)34-18-10-14-22-38(34)40/h7-22,29-30,39-40,43-45H,5-6,23-28H2,1-4H3,(H,50,57)(H,51,58)(H,52,53)/t29-,30-,43?,44-,45-/m0/s1. The topological polar surface area (TPSA) is 193 Å². The molecule has 0 saturated heterocycles. The van der Waals surface area contributed by atoms with Gasteiger partial charge in [-0.15, -0.1) is 0 Å². The summed E-state index contributed by atoms with van der Waals surface area (Å²) in [7, 11) is 0. The molecule has 0 aliphatic heterocycles. The number of carbonyl (C=O) groups excluding carboxylic acids is 5. The second-order valence-electron chi connectivity index (χ2n) is 15.9. The zero-order valence-corrected chi connectivity index (χ0v) is 35.9. The first-order chi connectivity index (χ1) is 30.4. The Labute approximate surface area is 366 Å². The third-order valence-electron chi connectivity index (χ3n) is 11.8. The Morgan fingerprint density at radius 2 is 0.952 bits per heavy atom. The number of esters is 3. The lowest BCUT2D eigenvalue weighted by atomic mass is 9.98. The number of carboxylic acids is 1. The molecule has 14 heteroatoms. The molecule has 0 aromatic heterocycles. The van der Waals surface area contributed by atoms with Crippen molar-refractivity contribution in [3.8, 4) is 22.3 Å². The van der Waals surface area contributed by atoms with Gasteiger partial charge in [0.15, 0.2) is 0 Å². The number of benzene rings is 4. The van der Waals surface area contributed by atoms with E-state index in [1.807, 2.05) is 111 Å². The highest BCUT2D eigenvalue weighted by atomic mass is 16.7. The van der Waals surface area contributed by atoms with Crippen molar-refractivity contribution in [2.24, 2.45) is 11.8 Å². The van der Waals surface area contributed by atoms with Crippen LogP contribution in [0.3, 0.4) is 0 Å². The Morgan fingerprint density at radius 1 is 0.556 bits per heavy atom. The summed E-state index contributed by atoms with van der Waals surface area (Å²) in [5, 5.41) is 14.4. The number of hydrogen-bond donors (Lipinski definition) is 3. The number of alkyl carbamates (subject to hydrolysis) is 2. The number of nitrogens with one attached hydrogen (secondary N) is 2. The minimum atomic E-state index is -1.63. The summed E-state index contributed by atoms with van der Waals surface area (Å²) in [4.78, 5) is 77.5. The molecule has 0 saturated carbocycles. The van der Waals surface area contributed by atoms with E-state index in [0.29, 0.717) is 12.8 Å². The Balaban J connectivity index is 1.06. The molecular formula is C49H54N2O12. The molecule has 1 unspecified atom stereocenters. The van der Waals surface area contributed by atoms with Gasteiger partial charge in [0.25, 0.3) is 6.29 Å². The summed E-state index contributed by atoms with van der Waals surface area (Å²) in [5.41, 5.74) is 8.35. The van der Waals surface area contributed by atoms with Gasteiger partial charge in [-0.05, 0) is 56.3 Å². The smallest absolute Gasteiger partial charge is 0.407 e. The van der Waals surface area contributed by atoms with E-state index >= 15 is 0 Å². The molecule has 4 aromatic rings. The van der Waals surface area contributed by atoms with Gasteiger partial charge in [-0.1, -0.05) is 138 Å². The van der Waals surface area contributed by atoms with Crippen LogP contribution in [0.15, 0.2) is 97.1 Å². The number of aliphatic carboxylic acids is 1. The molecule has 4 aromatic carbocycles. The maximum atomic E-state index is 13.7. The average Bonchev–Trinajstić information content (AvgIpc) is 3.79. The summed E-state index contributed by atoms with van der Waals surface area (Å²) in [6.07, 6.45) is -3.74. The Morgan fingerprint density at radius 3 is 1.35 bits per heavy atom. The number of ether oxygens (including phenoxy) is 5. The van der Waals surface area contributed by atoms with E-state index in [1.54, 1.807) is 13.8 Å². The Kier molecular flexibility index (Phi) is 15.6. The van der Waals surface area contributed by atoms with Crippen LogP contribution in [0, 0.1) is 11.8 Å². The highest BCUT2D eigenvalue weighted by molar-refractivity contribution is 5.84. The van der Waals surface area contributed by atoms with Gasteiger partial charge in [-0.25, -0.2) is 19.2 Å². The summed E-state index contributed by atoms with van der Waals surface area (Å²) < 4.78 is 27.9. The van der Waals surface area contributed by atoms with Gasteiger partial charge in [0.1, 0.15) is 25.3 Å². The molecule has 0 heterocycles. The molecular weight excluding hydrogens is 809 g/mol. The summed E-state index contributed by atoms with van der Waals surface area (Å²) in [6, 6.07) is 29.3. The van der Waals surface area contributed by atoms with Crippen LogP contribution in [0.25, 0.3) is 22.3 Å². The molecule has 3 N–H and O–H groups in total. The molecule has 0 spiro atoms. The van der Waals surface area contributed by atoms with Crippen LogP contribution in [0.2, 0.25) is 0 Å². The molecule has 5 atom stereocenters. The lowest BCUT2D eigenvalue weighted by Crippen LogP contribution is -2.48. The molecule has 0 fully saturated rings. The van der Waals surface area contributed by atoms with Crippen molar-refractivity contribution >= 4 is 36.1 Å². The van der Waals surface area contributed by atoms with Gasteiger partial charge in [0, 0.05) is 11.8 Å². The van der Waals surface area contributed by atoms with Gasteiger partial charge in [0.05, 0.1) is 25.9 Å². The molecule has 2 aliphatic rings. The van der Waals surface area contributed by atoms with E-state index in [-0.39, 0.29) is 37.4 Å². The number of rotatable bonds is 20. The number of hydrogen-bond acceptors (Lipinski definition) is 11. The second-order valence-corrected chi connectivity index (χ2v) is 15.9. The van der Waals surface area contributed by atoms with Crippen molar-refractivity contribution in [3.05, 3.63) is 119 Å². The van der Waals surface area contributed by atoms with Crippen molar-refractivity contribution in [2.75, 3.05) is 19.8 Å². The molecule has 63 heavy (non-hydrogen) atoms. The first-order valence-corrected chi connectivity index (χ1v) is 21.4. The number of amides is 2. The van der Waals surface area contributed by atoms with Crippen molar-refractivity contribution < 1.29 is 57.6 Å². The maximum absolute atomic E-state index is 13.7. The fraction of sp³-hybridized carbons (Fsp3) is 0.388. The third kappa shape index (κ3) is 11.2. The van der Waals surface area contributed by atoms with E-state index in [0.717, 1.165) is 44.5 Å². The van der Waals surface area contributed by atoms with Crippen LogP contribution in [-0.2, 0) is 42.9 Å². The SMILES string of the molecule is CC[C@H](C)[C@H](NC(=O)OCC1c2ccccc2-c2ccccc21)C(=O)OCCC(OC(=O)CCC(=O)O)OC(=O)[C@@H](NC(=O)OCC1c2ccccc2-c2ccccc21)[C@@H](C)CC. The van der Waals surface area contributed by atoms with E-state index in [9.17, 15) is 28.8 Å². The Bertz CT molecular complexity index is 2200. The minimum Gasteiger partial charge on any atom is -0.481 e. The molecule has 2 aliphatic carbocycles. The van der Waals surface area contributed by atoms with E-state index in [4.69, 9.17) is 28.8 Å². The third-order valence-corrected chi connectivity index (χ3v) is 11.8. The largest absolute Gasteiger partial charge is 0.481 e. The van der Waals surface area contributed by atoms with Crippen molar-refractivity contribution in [2.45, 2.75) is 90.0 Å². The maximum Gasteiger partial charge on any atom is 0.407 e. The van der Waals surface area contributed by atoms with Crippen LogP contribution in [-0.4, -0.2) is 79.4 Å². The lowest BCUT2D eigenvalue weighted by Gasteiger charge is -2.26. The van der Waals surface area contributed by atoms with Crippen LogP contribution < -0.4 is 10.6 Å². The summed E-state index contributed by atoms with van der Waals surface area (Å²) in [5.74, 6) is -5.20. The number of fused-ring (bicyclic) bond motifs is 6. The molecule has 14 nitrogen and oxygen atoms in total. The molecule has 2 amide bonds. The summed E-state index contributed by atoms with van der Waals surface area (Å²) in [6.45, 7) is 6.78. The lowest BCUT2D eigenvalue weighted by molar-refractivity contribution is -0.193. The second kappa shape index (κ2) is 21.4. The van der Waals surface area contributed by atoms with Crippen molar-refractivity contribution in [1.29, 1.82) is 0 Å². The van der Waals surface area contributed by atoms with E-state index < -0.39 is 79.8 Å². The first kappa shape index (κ1) is 45.8. The molecule has 6 rings (SSSR count). The average molecular weight is 863 g/mol. The molecule has 332 valence electrons. The fourth-order valence-corrected chi connectivity index (χ4v) is 7.98. The monoisotopic (exact) mass is 862 g/mol. The minimum absolute atomic E-state index is 0.00507. The first-order valence-electron chi connectivity index (χ1n) is 21.4. The fourth-order valence-electron chi connectivity index (χ4n) is 7.98. The molecule has 0 bridgehead atoms. The zero-order chi connectivity index (χ0) is 45.0. The van der Waals surface area contributed by atoms with Crippen LogP contribution >= 0.6 is 0 Å². The van der Waals surface area contributed by atoms with Crippen molar-refractivity contribution in [3.63, 3.8) is 0 Å². The molecule has 0 radical (unpaired) electrons. The highest BCUT2D eigenvalue weighted by Crippen LogP contribution is 2.45. The van der Waals surface area contributed by atoms with Gasteiger partial charge in [-0.2, -0.15) is 0 Å². The number of carboxylic acid groups (broad SMARTS) is 1. The summed E-state index contributed by atoms with van der Waals surface area (Å²) >= 11 is 0. The number of carbonyl (C=O) groups is 6.